The molecule has 2 heterocycles. The summed E-state index contributed by atoms with van der Waals surface area (Å²) in [6.07, 6.45) is 4.15. The van der Waals surface area contributed by atoms with Crippen molar-refractivity contribution < 1.29 is 4.74 Å². The summed E-state index contributed by atoms with van der Waals surface area (Å²) in [5.74, 6) is 1.09. The van der Waals surface area contributed by atoms with Crippen molar-refractivity contribution in [1.29, 1.82) is 0 Å². The molecule has 0 aliphatic carbocycles. The van der Waals surface area contributed by atoms with Crippen LogP contribution in [-0.2, 0) is 6.42 Å². The molecule has 2 heteroatoms. The van der Waals surface area contributed by atoms with Crippen LogP contribution in [-0.4, -0.2) is 11.6 Å². The zero-order valence-corrected chi connectivity index (χ0v) is 11.9. The van der Waals surface area contributed by atoms with Gasteiger partial charge in [0, 0.05) is 11.9 Å². The molecule has 0 radical (unpaired) electrons. The topological polar surface area (TPSA) is 22.1 Å². The van der Waals surface area contributed by atoms with Gasteiger partial charge in [-0.25, -0.2) is 0 Å². The Labute approximate surface area is 115 Å². The molecular weight excluding hydrogens is 234 g/mol. The van der Waals surface area contributed by atoms with Gasteiger partial charge in [0.05, 0.1) is 6.61 Å². The van der Waals surface area contributed by atoms with Crippen molar-refractivity contribution in [3.05, 3.63) is 58.9 Å². The summed E-state index contributed by atoms with van der Waals surface area (Å²) in [4.78, 5) is 4.08. The lowest BCUT2D eigenvalue weighted by Gasteiger charge is -2.16. The fraction of sp³-hybridized carbons (Fsp3) is 0.353. The molecular formula is C17H21NO. The summed E-state index contributed by atoms with van der Waals surface area (Å²) in [5, 5.41) is 0. The van der Waals surface area contributed by atoms with Crippen LogP contribution in [0.4, 0.5) is 0 Å². The van der Waals surface area contributed by atoms with E-state index in [2.05, 4.69) is 43.1 Å². The van der Waals surface area contributed by atoms with E-state index in [1.165, 1.54) is 23.1 Å². The van der Waals surface area contributed by atoms with Crippen LogP contribution < -0.4 is 4.74 Å². The van der Waals surface area contributed by atoms with E-state index in [1.54, 1.807) is 0 Å². The summed E-state index contributed by atoms with van der Waals surface area (Å²) in [5.41, 5.74) is 5.07. The third-order valence-corrected chi connectivity index (χ3v) is 3.34. The molecule has 0 N–H and O–H groups in total. The normalized spacial score (nSPS) is 12.8. The Morgan fingerprint density at radius 3 is 2.63 bits per heavy atom. The van der Waals surface area contributed by atoms with Crippen molar-refractivity contribution in [3.8, 4) is 5.75 Å². The Bertz CT molecular complexity index is 528. The van der Waals surface area contributed by atoms with Gasteiger partial charge in [0.2, 0.25) is 0 Å². The Morgan fingerprint density at radius 1 is 1.11 bits per heavy atom. The molecule has 2 nitrogen and oxygen atoms in total. The summed E-state index contributed by atoms with van der Waals surface area (Å²) in [7, 11) is 0. The number of hydrogen-bond acceptors (Lipinski definition) is 2. The van der Waals surface area contributed by atoms with E-state index in [1.807, 2.05) is 19.2 Å². The molecule has 100 valence electrons. The first-order chi connectivity index (χ1) is 9.16. The van der Waals surface area contributed by atoms with E-state index in [9.17, 15) is 0 Å². The van der Waals surface area contributed by atoms with Crippen molar-refractivity contribution >= 4 is 0 Å². The lowest BCUT2D eigenvalue weighted by Crippen LogP contribution is -2.07. The van der Waals surface area contributed by atoms with Gasteiger partial charge in [-0.15, -0.1) is 0 Å². The van der Waals surface area contributed by atoms with Crippen molar-refractivity contribution in [2.75, 3.05) is 6.61 Å². The third-order valence-electron chi connectivity index (χ3n) is 3.34. The molecule has 0 saturated heterocycles. The van der Waals surface area contributed by atoms with Crippen molar-refractivity contribution in [2.24, 2.45) is 0 Å². The van der Waals surface area contributed by atoms with E-state index in [0.29, 0.717) is 0 Å². The van der Waals surface area contributed by atoms with Crippen molar-refractivity contribution in [2.45, 2.75) is 33.6 Å². The zero-order chi connectivity index (χ0) is 13.7. The molecule has 2 aromatic rings. The molecule has 0 unspecified atom stereocenters. The number of ether oxygens (including phenoxy) is 1. The van der Waals surface area contributed by atoms with Gasteiger partial charge in [-0.2, -0.15) is 0 Å². The minimum absolute atomic E-state index is 0.885. The molecule has 3 rings (SSSR count). The maximum Gasteiger partial charge on any atom is 0.122 e. The van der Waals surface area contributed by atoms with Crippen LogP contribution >= 0.6 is 0 Å². The Hall–Kier alpha value is -1.83. The van der Waals surface area contributed by atoms with Crippen molar-refractivity contribution in [1.82, 2.24) is 4.98 Å². The van der Waals surface area contributed by atoms with Gasteiger partial charge in [-0.05, 0) is 56.9 Å². The van der Waals surface area contributed by atoms with Crippen LogP contribution in [0.3, 0.4) is 0 Å². The molecule has 0 fully saturated rings. The lowest BCUT2D eigenvalue weighted by molar-refractivity contribution is 0.288. The van der Waals surface area contributed by atoms with Crippen molar-refractivity contribution in [3.63, 3.8) is 0 Å². The van der Waals surface area contributed by atoms with E-state index >= 15 is 0 Å². The maximum absolute atomic E-state index is 5.48. The monoisotopic (exact) mass is 255 g/mol. The Morgan fingerprint density at radius 2 is 1.95 bits per heavy atom. The van der Waals surface area contributed by atoms with E-state index < -0.39 is 0 Å². The minimum Gasteiger partial charge on any atom is -0.493 e. The van der Waals surface area contributed by atoms with Gasteiger partial charge in [-0.3, -0.25) is 4.98 Å². The predicted octanol–water partition coefficient (Wildman–Crippen LogP) is 4.02. The van der Waals surface area contributed by atoms with Crippen LogP contribution in [0.5, 0.6) is 5.75 Å². The van der Waals surface area contributed by atoms with E-state index in [-0.39, 0.29) is 0 Å². The van der Waals surface area contributed by atoms with Crippen LogP contribution in [0.2, 0.25) is 0 Å². The Kier molecular flexibility index (Phi) is 4.56. The second kappa shape index (κ2) is 6.37. The third kappa shape index (κ3) is 3.82. The number of aromatic nitrogens is 1. The summed E-state index contributed by atoms with van der Waals surface area (Å²) in [6.45, 7) is 7.07. The van der Waals surface area contributed by atoms with E-state index in [4.69, 9.17) is 4.74 Å². The average molecular weight is 255 g/mol. The molecule has 0 saturated carbocycles. The first-order valence-corrected chi connectivity index (χ1v) is 6.77. The predicted molar refractivity (Wildman–Crippen MR) is 78.7 cm³/mol. The van der Waals surface area contributed by atoms with Gasteiger partial charge >= 0.3 is 0 Å². The van der Waals surface area contributed by atoms with Gasteiger partial charge in [-0.1, -0.05) is 23.8 Å². The second-order valence-electron chi connectivity index (χ2n) is 4.97. The van der Waals surface area contributed by atoms with Gasteiger partial charge in [0.25, 0.3) is 0 Å². The zero-order valence-electron chi connectivity index (χ0n) is 11.9. The SMILES string of the molecule is Cc1ccc2c(c1)CCCO2.Cc1cccnc1C. The number of hydrogen-bond donors (Lipinski definition) is 0. The fourth-order valence-corrected chi connectivity index (χ4v) is 2.05. The van der Waals surface area contributed by atoms with Crippen LogP contribution in [0.1, 0.15) is 28.8 Å². The smallest absolute Gasteiger partial charge is 0.122 e. The Balaban J connectivity index is 0.000000148. The first-order valence-electron chi connectivity index (χ1n) is 6.77. The van der Waals surface area contributed by atoms with Crippen LogP contribution in [0.25, 0.3) is 0 Å². The summed E-state index contributed by atoms with van der Waals surface area (Å²) < 4.78 is 5.48. The molecule has 1 aromatic carbocycles. The average Bonchev–Trinajstić information content (AvgIpc) is 2.43. The number of benzene rings is 1. The highest BCUT2D eigenvalue weighted by atomic mass is 16.5. The molecule has 0 spiro atoms. The highest BCUT2D eigenvalue weighted by Gasteiger charge is 2.08. The fourth-order valence-electron chi connectivity index (χ4n) is 2.05. The number of fused-ring (bicyclic) bond motifs is 1. The van der Waals surface area contributed by atoms with E-state index in [0.717, 1.165) is 24.5 Å². The number of pyridine rings is 1. The van der Waals surface area contributed by atoms with Gasteiger partial charge < -0.3 is 4.74 Å². The molecule has 0 amide bonds. The molecule has 0 atom stereocenters. The minimum atomic E-state index is 0.885. The summed E-state index contributed by atoms with van der Waals surface area (Å²) >= 11 is 0. The van der Waals surface area contributed by atoms with Crippen LogP contribution in [0.15, 0.2) is 36.5 Å². The molecule has 0 bridgehead atoms. The first kappa shape index (κ1) is 13.6. The molecule has 1 aliphatic rings. The largest absolute Gasteiger partial charge is 0.493 e. The molecule has 1 aromatic heterocycles. The lowest BCUT2D eigenvalue weighted by atomic mass is 10.0. The van der Waals surface area contributed by atoms with Gasteiger partial charge in [0.15, 0.2) is 0 Å². The standard InChI is InChI=1S/C10H12O.C7H9N/c1-8-4-5-10-9(7-8)3-2-6-11-10;1-6-4-3-5-8-7(6)2/h4-5,7H,2-3,6H2,1H3;3-5H,1-2H3. The quantitative estimate of drug-likeness (QED) is 0.709. The number of aryl methyl sites for hydroxylation is 4. The number of nitrogens with zero attached hydrogens (tertiary/aromatic N) is 1. The number of rotatable bonds is 0. The highest BCUT2D eigenvalue weighted by Crippen LogP contribution is 2.24. The molecule has 19 heavy (non-hydrogen) atoms. The summed E-state index contributed by atoms with van der Waals surface area (Å²) in [6, 6.07) is 10.4. The highest BCUT2D eigenvalue weighted by molar-refractivity contribution is 5.37. The maximum atomic E-state index is 5.48. The molecule has 1 aliphatic heterocycles. The van der Waals surface area contributed by atoms with Gasteiger partial charge in [0.1, 0.15) is 5.75 Å². The van der Waals surface area contributed by atoms with Crippen LogP contribution in [0, 0.1) is 20.8 Å². The second-order valence-corrected chi connectivity index (χ2v) is 4.97.